The van der Waals surface area contributed by atoms with Crippen LogP contribution in [0.1, 0.15) is 18.9 Å². The standard InChI is InChI=1S/C17H16N6O2/c1-2-13(12-4-7-18-14(12)3-1)16-19-17(25-21-16)15-10-23(22-20-15)11-5-8-24-9-6-11/h1-4,7,10-11,18H,5-6,8-9H2. The van der Waals surface area contributed by atoms with Crippen molar-refractivity contribution in [2.24, 2.45) is 0 Å². The van der Waals surface area contributed by atoms with Crippen LogP contribution in [0.25, 0.3) is 33.9 Å². The van der Waals surface area contributed by atoms with E-state index in [0.29, 0.717) is 23.5 Å². The Bertz CT molecular complexity index is 1010. The quantitative estimate of drug-likeness (QED) is 0.618. The molecule has 5 rings (SSSR count). The van der Waals surface area contributed by atoms with Crippen molar-refractivity contribution in [3.05, 3.63) is 36.7 Å². The van der Waals surface area contributed by atoms with Crippen LogP contribution < -0.4 is 0 Å². The fourth-order valence-electron chi connectivity index (χ4n) is 3.22. The average Bonchev–Trinajstić information content (AvgIpc) is 3.40. The predicted molar refractivity (Wildman–Crippen MR) is 89.7 cm³/mol. The first-order valence-corrected chi connectivity index (χ1v) is 8.28. The van der Waals surface area contributed by atoms with Crippen molar-refractivity contribution in [2.75, 3.05) is 13.2 Å². The van der Waals surface area contributed by atoms with E-state index in [2.05, 4.69) is 25.4 Å². The van der Waals surface area contributed by atoms with Gasteiger partial charge in [0.05, 0.1) is 12.2 Å². The Morgan fingerprint density at radius 3 is 3.00 bits per heavy atom. The molecule has 126 valence electrons. The lowest BCUT2D eigenvalue weighted by Gasteiger charge is -2.21. The Labute approximate surface area is 142 Å². The highest BCUT2D eigenvalue weighted by Gasteiger charge is 2.20. The molecule has 4 aromatic rings. The zero-order chi connectivity index (χ0) is 16.6. The van der Waals surface area contributed by atoms with Crippen molar-refractivity contribution in [1.82, 2.24) is 30.1 Å². The van der Waals surface area contributed by atoms with E-state index in [9.17, 15) is 0 Å². The highest BCUT2D eigenvalue weighted by atomic mass is 16.5. The lowest BCUT2D eigenvalue weighted by atomic mass is 10.1. The summed E-state index contributed by atoms with van der Waals surface area (Å²) in [5.41, 5.74) is 2.55. The minimum atomic E-state index is 0.311. The number of rotatable bonds is 3. The first kappa shape index (κ1) is 14.4. The molecule has 0 amide bonds. The van der Waals surface area contributed by atoms with Crippen LogP contribution in [-0.2, 0) is 4.74 Å². The number of H-pyrrole nitrogens is 1. The summed E-state index contributed by atoms with van der Waals surface area (Å²) in [7, 11) is 0. The van der Waals surface area contributed by atoms with E-state index in [1.54, 1.807) is 0 Å². The molecule has 0 bridgehead atoms. The summed E-state index contributed by atoms with van der Waals surface area (Å²) in [6, 6.07) is 8.27. The average molecular weight is 336 g/mol. The van der Waals surface area contributed by atoms with E-state index in [-0.39, 0.29) is 0 Å². The van der Waals surface area contributed by atoms with E-state index in [0.717, 1.165) is 42.5 Å². The summed E-state index contributed by atoms with van der Waals surface area (Å²) in [6.45, 7) is 1.51. The van der Waals surface area contributed by atoms with Gasteiger partial charge in [-0.2, -0.15) is 4.98 Å². The van der Waals surface area contributed by atoms with Crippen LogP contribution in [0, 0.1) is 0 Å². The monoisotopic (exact) mass is 336 g/mol. The van der Waals surface area contributed by atoms with Crippen LogP contribution in [0.5, 0.6) is 0 Å². The van der Waals surface area contributed by atoms with Gasteiger partial charge in [0.2, 0.25) is 5.82 Å². The summed E-state index contributed by atoms with van der Waals surface area (Å²) in [5.74, 6) is 0.918. The minimum Gasteiger partial charge on any atom is -0.381 e. The molecule has 1 aliphatic heterocycles. The number of hydrogen-bond acceptors (Lipinski definition) is 6. The molecule has 0 spiro atoms. The number of hydrogen-bond donors (Lipinski definition) is 1. The number of aromatic amines is 1. The summed E-state index contributed by atoms with van der Waals surface area (Å²) >= 11 is 0. The van der Waals surface area contributed by atoms with Crippen LogP contribution in [0.2, 0.25) is 0 Å². The van der Waals surface area contributed by atoms with Crippen LogP contribution in [0.4, 0.5) is 0 Å². The Hall–Kier alpha value is -3.00. The van der Waals surface area contributed by atoms with Crippen molar-refractivity contribution < 1.29 is 9.26 Å². The van der Waals surface area contributed by atoms with E-state index < -0.39 is 0 Å². The van der Waals surface area contributed by atoms with E-state index in [4.69, 9.17) is 9.26 Å². The molecule has 0 unspecified atom stereocenters. The van der Waals surface area contributed by atoms with Gasteiger partial charge in [-0.15, -0.1) is 5.10 Å². The summed E-state index contributed by atoms with van der Waals surface area (Å²) in [6.07, 6.45) is 5.64. The smallest absolute Gasteiger partial charge is 0.280 e. The van der Waals surface area contributed by atoms with Gasteiger partial charge in [-0.3, -0.25) is 0 Å². The summed E-state index contributed by atoms with van der Waals surface area (Å²) in [4.78, 5) is 7.69. The molecule has 0 atom stereocenters. The molecule has 0 radical (unpaired) electrons. The van der Waals surface area contributed by atoms with Gasteiger partial charge >= 0.3 is 0 Å². The molecule has 1 fully saturated rings. The van der Waals surface area contributed by atoms with Gasteiger partial charge < -0.3 is 14.2 Å². The first-order chi connectivity index (χ1) is 12.4. The molecule has 8 nitrogen and oxygen atoms in total. The Balaban J connectivity index is 1.47. The second-order valence-electron chi connectivity index (χ2n) is 6.09. The lowest BCUT2D eigenvalue weighted by Crippen LogP contribution is -2.19. The van der Waals surface area contributed by atoms with E-state index >= 15 is 0 Å². The van der Waals surface area contributed by atoms with E-state index in [1.165, 1.54) is 0 Å². The van der Waals surface area contributed by atoms with Gasteiger partial charge in [-0.1, -0.05) is 22.5 Å². The third-order valence-corrected chi connectivity index (χ3v) is 4.56. The summed E-state index contributed by atoms with van der Waals surface area (Å²) < 4.78 is 12.7. The van der Waals surface area contributed by atoms with Gasteiger partial charge in [0.25, 0.3) is 5.89 Å². The molecule has 8 heteroatoms. The van der Waals surface area contributed by atoms with Gasteiger partial charge in [-0.25, -0.2) is 4.68 Å². The molecule has 0 aliphatic carbocycles. The molecular weight excluding hydrogens is 320 g/mol. The maximum atomic E-state index is 5.42. The number of nitrogens with one attached hydrogen (secondary N) is 1. The highest BCUT2D eigenvalue weighted by molar-refractivity contribution is 5.93. The van der Waals surface area contributed by atoms with Crippen molar-refractivity contribution in [3.8, 4) is 23.0 Å². The van der Waals surface area contributed by atoms with Crippen LogP contribution >= 0.6 is 0 Å². The zero-order valence-electron chi connectivity index (χ0n) is 13.4. The Morgan fingerprint density at radius 2 is 2.08 bits per heavy atom. The van der Waals surface area contributed by atoms with Crippen molar-refractivity contribution in [1.29, 1.82) is 0 Å². The van der Waals surface area contributed by atoms with Crippen molar-refractivity contribution >= 4 is 10.9 Å². The first-order valence-electron chi connectivity index (χ1n) is 8.28. The number of benzene rings is 1. The second-order valence-corrected chi connectivity index (χ2v) is 6.09. The molecular formula is C17H16N6O2. The number of nitrogens with zero attached hydrogens (tertiary/aromatic N) is 5. The largest absolute Gasteiger partial charge is 0.381 e. The lowest BCUT2D eigenvalue weighted by molar-refractivity contribution is 0.0657. The fraction of sp³-hybridized carbons (Fsp3) is 0.294. The van der Waals surface area contributed by atoms with Crippen LogP contribution in [0.15, 0.2) is 41.2 Å². The molecule has 25 heavy (non-hydrogen) atoms. The number of aromatic nitrogens is 6. The third kappa shape index (κ3) is 2.51. The second kappa shape index (κ2) is 5.82. The van der Waals surface area contributed by atoms with Gasteiger partial charge in [0.15, 0.2) is 5.69 Å². The van der Waals surface area contributed by atoms with Crippen LogP contribution in [-0.4, -0.2) is 43.3 Å². The molecule has 4 heterocycles. The normalized spacial score (nSPS) is 15.8. The molecule has 1 saturated heterocycles. The van der Waals surface area contributed by atoms with Gasteiger partial charge in [0.1, 0.15) is 0 Å². The Kier molecular flexibility index (Phi) is 3.34. The molecule has 0 saturated carbocycles. The molecule has 1 aliphatic rings. The maximum Gasteiger partial charge on any atom is 0.280 e. The molecule has 1 aromatic carbocycles. The minimum absolute atomic E-state index is 0.311. The van der Waals surface area contributed by atoms with Crippen molar-refractivity contribution in [3.63, 3.8) is 0 Å². The Morgan fingerprint density at radius 1 is 1.16 bits per heavy atom. The highest BCUT2D eigenvalue weighted by Crippen LogP contribution is 2.28. The number of ether oxygens (including phenoxy) is 1. The van der Waals surface area contributed by atoms with E-state index in [1.807, 2.05) is 41.3 Å². The molecule has 1 N–H and O–H groups in total. The van der Waals surface area contributed by atoms with Crippen LogP contribution in [0.3, 0.4) is 0 Å². The fourth-order valence-corrected chi connectivity index (χ4v) is 3.22. The van der Waals surface area contributed by atoms with Gasteiger partial charge in [0, 0.05) is 35.9 Å². The predicted octanol–water partition coefficient (Wildman–Crippen LogP) is 2.83. The van der Waals surface area contributed by atoms with Gasteiger partial charge in [-0.05, 0) is 25.0 Å². The van der Waals surface area contributed by atoms with Crippen molar-refractivity contribution in [2.45, 2.75) is 18.9 Å². The summed E-state index contributed by atoms with van der Waals surface area (Å²) in [5, 5.41) is 13.6. The third-order valence-electron chi connectivity index (χ3n) is 4.56. The maximum absolute atomic E-state index is 5.42. The zero-order valence-corrected chi connectivity index (χ0v) is 13.4. The topological polar surface area (TPSA) is 94.7 Å². The number of fused-ring (bicyclic) bond motifs is 1. The molecule has 3 aromatic heterocycles. The SMILES string of the molecule is c1cc(-c2noc(-c3cn(C4CCOCC4)nn3)n2)c2cc[nH]c2c1.